The lowest BCUT2D eigenvalue weighted by molar-refractivity contribution is -0.124. The van der Waals surface area contributed by atoms with Gasteiger partial charge in [0.2, 0.25) is 5.91 Å². The average Bonchev–Trinajstić information content (AvgIpc) is 3.29. The molecule has 0 fully saturated rings. The summed E-state index contributed by atoms with van der Waals surface area (Å²) in [4.78, 5) is 12.5. The van der Waals surface area contributed by atoms with Crippen LogP contribution >= 0.6 is 0 Å². The highest BCUT2D eigenvalue weighted by atomic mass is 16.3. The van der Waals surface area contributed by atoms with Crippen molar-refractivity contribution in [1.29, 1.82) is 0 Å². The summed E-state index contributed by atoms with van der Waals surface area (Å²) in [5, 5.41) is 33.5. The van der Waals surface area contributed by atoms with E-state index in [2.05, 4.69) is 43.5 Å². The van der Waals surface area contributed by atoms with Gasteiger partial charge in [-0.15, -0.1) is 0 Å². The number of nitrogens with one attached hydrogen (secondary N) is 1. The van der Waals surface area contributed by atoms with Crippen LogP contribution < -0.4 is 5.32 Å². The Hall–Kier alpha value is -1.17. The third-order valence-corrected chi connectivity index (χ3v) is 13.5. The van der Waals surface area contributed by atoms with Gasteiger partial charge >= 0.3 is 0 Å². The van der Waals surface area contributed by atoms with Gasteiger partial charge < -0.3 is 20.6 Å². The van der Waals surface area contributed by atoms with E-state index in [-0.39, 0.29) is 12.5 Å². The minimum Gasteiger partial charge on any atom is -0.394 e. The van der Waals surface area contributed by atoms with Crippen LogP contribution in [0.2, 0.25) is 0 Å². The Kier molecular flexibility index (Phi) is 52.5. The molecular weight excluding hydrogens is 775 g/mol. The molecule has 1 amide bonds. The van der Waals surface area contributed by atoms with E-state index in [1.807, 2.05) is 0 Å². The van der Waals surface area contributed by atoms with Crippen molar-refractivity contribution in [2.24, 2.45) is 0 Å². The van der Waals surface area contributed by atoms with Crippen LogP contribution in [0.4, 0.5) is 0 Å². The first-order valence-corrected chi connectivity index (χ1v) is 28.6. The van der Waals surface area contributed by atoms with Crippen molar-refractivity contribution in [2.75, 3.05) is 6.61 Å². The van der Waals surface area contributed by atoms with Gasteiger partial charge in [-0.3, -0.25) is 4.79 Å². The molecule has 0 aromatic heterocycles. The van der Waals surface area contributed by atoms with Gasteiger partial charge in [0.1, 0.15) is 6.10 Å². The molecule has 5 heteroatoms. The zero-order valence-corrected chi connectivity index (χ0v) is 42.7. The number of aliphatic hydroxyl groups is 3. The number of unbranched alkanes of at least 4 members (excludes halogenated alkanes) is 41. The van der Waals surface area contributed by atoms with Crippen LogP contribution in [0, 0.1) is 0 Å². The first-order valence-electron chi connectivity index (χ1n) is 28.6. The lowest BCUT2D eigenvalue weighted by atomic mass is 10.0. The van der Waals surface area contributed by atoms with Gasteiger partial charge in [-0.2, -0.15) is 0 Å². The Labute approximate surface area is 394 Å². The van der Waals surface area contributed by atoms with E-state index < -0.39 is 18.2 Å². The zero-order valence-electron chi connectivity index (χ0n) is 42.7. The number of amides is 1. The largest absolute Gasteiger partial charge is 0.394 e. The second kappa shape index (κ2) is 53.4. The highest BCUT2D eigenvalue weighted by molar-refractivity contribution is 5.76. The van der Waals surface area contributed by atoms with E-state index in [9.17, 15) is 20.1 Å². The summed E-state index contributed by atoms with van der Waals surface area (Å²) in [6, 6.07) is -0.829. The second-order valence-corrected chi connectivity index (χ2v) is 19.8. The molecular formula is C58H113NO4. The van der Waals surface area contributed by atoms with Gasteiger partial charge in [-0.05, 0) is 51.4 Å². The lowest BCUT2D eigenvalue weighted by Gasteiger charge is -2.26. The van der Waals surface area contributed by atoms with E-state index >= 15 is 0 Å². The van der Waals surface area contributed by atoms with Crippen LogP contribution in [0.1, 0.15) is 316 Å². The Bertz CT molecular complexity index is 936. The Balaban J connectivity index is 3.41. The van der Waals surface area contributed by atoms with E-state index in [0.29, 0.717) is 12.8 Å². The normalized spacial score (nSPS) is 13.4. The van der Waals surface area contributed by atoms with E-state index in [0.717, 1.165) is 44.9 Å². The quantitative estimate of drug-likeness (QED) is 0.0362. The molecule has 3 unspecified atom stereocenters. The Morgan fingerprint density at radius 2 is 0.651 bits per heavy atom. The molecule has 0 aromatic rings. The van der Waals surface area contributed by atoms with Crippen molar-refractivity contribution in [3.8, 4) is 0 Å². The molecule has 3 atom stereocenters. The number of hydrogen-bond donors (Lipinski definition) is 4. The first-order chi connectivity index (χ1) is 31.1. The fourth-order valence-corrected chi connectivity index (χ4v) is 9.12. The summed E-state index contributed by atoms with van der Waals surface area (Å²) in [6.45, 7) is 4.15. The molecule has 5 nitrogen and oxygen atoms in total. The molecule has 0 saturated heterocycles. The van der Waals surface area contributed by atoms with Gasteiger partial charge in [0.25, 0.3) is 0 Å². The van der Waals surface area contributed by atoms with Crippen molar-refractivity contribution in [2.45, 2.75) is 334 Å². The van der Waals surface area contributed by atoms with Crippen molar-refractivity contribution >= 4 is 5.91 Å². The van der Waals surface area contributed by atoms with Crippen LogP contribution in [0.5, 0.6) is 0 Å². The Morgan fingerprint density at radius 1 is 0.381 bits per heavy atom. The minimum atomic E-state index is -1.16. The second-order valence-electron chi connectivity index (χ2n) is 19.8. The maximum atomic E-state index is 12.5. The van der Waals surface area contributed by atoms with Gasteiger partial charge in [0.05, 0.1) is 18.8 Å². The first kappa shape index (κ1) is 61.8. The van der Waals surface area contributed by atoms with E-state index in [1.54, 1.807) is 0 Å². The number of hydrogen-bond acceptors (Lipinski definition) is 4. The molecule has 0 aromatic carbocycles. The number of carbonyl (C=O) groups excluding carboxylic acids is 1. The molecule has 0 spiro atoms. The molecule has 0 aliphatic rings. The lowest BCUT2D eigenvalue weighted by Crippen LogP contribution is -2.50. The van der Waals surface area contributed by atoms with Crippen molar-refractivity contribution in [1.82, 2.24) is 5.32 Å². The fourth-order valence-electron chi connectivity index (χ4n) is 9.12. The maximum Gasteiger partial charge on any atom is 0.220 e. The molecule has 4 N–H and O–H groups in total. The topological polar surface area (TPSA) is 89.8 Å². The fraction of sp³-hybridized carbons (Fsp3) is 0.914. The molecule has 0 bridgehead atoms. The van der Waals surface area contributed by atoms with E-state index in [4.69, 9.17) is 0 Å². The van der Waals surface area contributed by atoms with Gasteiger partial charge in [0.15, 0.2) is 0 Å². The average molecular weight is 889 g/mol. The molecule has 0 heterocycles. The molecule has 0 radical (unpaired) electrons. The van der Waals surface area contributed by atoms with Gasteiger partial charge in [-0.1, -0.05) is 282 Å². The predicted octanol–water partition coefficient (Wildman–Crippen LogP) is 17.7. The number of allylic oxidation sites excluding steroid dienone is 4. The number of carbonyl (C=O) groups is 1. The monoisotopic (exact) mass is 888 g/mol. The third-order valence-electron chi connectivity index (χ3n) is 13.5. The summed E-state index contributed by atoms with van der Waals surface area (Å²) < 4.78 is 0. The SMILES string of the molecule is CCCCC/C=C/CC/C=C/CCCC(O)C(O)C(CO)NC(=O)CCCCCCCCCCCCCCCCCCCCCCCCCCCCCCCCCCCCCCC. The number of aliphatic hydroxyl groups excluding tert-OH is 3. The van der Waals surface area contributed by atoms with E-state index in [1.165, 1.54) is 244 Å². The molecule has 0 rings (SSSR count). The third kappa shape index (κ3) is 48.6. The summed E-state index contributed by atoms with van der Waals surface area (Å²) in [5.41, 5.74) is 0. The molecule has 0 saturated carbocycles. The van der Waals surface area contributed by atoms with Crippen LogP contribution in [-0.4, -0.2) is 46.1 Å². The van der Waals surface area contributed by atoms with Crippen molar-refractivity contribution in [3.63, 3.8) is 0 Å². The Morgan fingerprint density at radius 3 is 0.968 bits per heavy atom. The standard InChI is InChI=1S/C58H113NO4/c1-3-5-7-9-11-13-15-17-18-19-20-21-22-23-24-25-26-27-28-29-30-31-32-33-34-35-36-37-38-39-40-41-43-45-47-49-51-53-57(62)59-55(54-60)58(63)56(61)52-50-48-46-44-42-16-14-12-10-8-6-4-2/h12,14,44,46,55-56,58,60-61,63H,3-11,13,15-43,45,47-54H2,1-2H3,(H,59,62)/b14-12+,46-44+. The summed E-state index contributed by atoms with van der Waals surface area (Å²) in [5.74, 6) is -0.154. The van der Waals surface area contributed by atoms with Crippen molar-refractivity contribution in [3.05, 3.63) is 24.3 Å². The van der Waals surface area contributed by atoms with Gasteiger partial charge in [0, 0.05) is 6.42 Å². The van der Waals surface area contributed by atoms with Crippen molar-refractivity contribution < 1.29 is 20.1 Å². The highest BCUT2D eigenvalue weighted by Gasteiger charge is 2.26. The predicted molar refractivity (Wildman–Crippen MR) is 278 cm³/mol. The minimum absolute atomic E-state index is 0.154. The molecule has 63 heavy (non-hydrogen) atoms. The van der Waals surface area contributed by atoms with Crippen LogP contribution in [0.25, 0.3) is 0 Å². The maximum absolute atomic E-state index is 12.5. The zero-order chi connectivity index (χ0) is 45.8. The van der Waals surface area contributed by atoms with Gasteiger partial charge in [-0.25, -0.2) is 0 Å². The van der Waals surface area contributed by atoms with Crippen LogP contribution in [0.15, 0.2) is 24.3 Å². The van der Waals surface area contributed by atoms with Crippen LogP contribution in [-0.2, 0) is 4.79 Å². The number of rotatable bonds is 53. The highest BCUT2D eigenvalue weighted by Crippen LogP contribution is 2.18. The smallest absolute Gasteiger partial charge is 0.220 e. The molecule has 0 aliphatic carbocycles. The summed E-state index contributed by atoms with van der Waals surface area (Å²) in [6.07, 6.45) is 68.0. The van der Waals surface area contributed by atoms with Crippen LogP contribution in [0.3, 0.4) is 0 Å². The summed E-state index contributed by atoms with van der Waals surface area (Å²) in [7, 11) is 0. The molecule has 374 valence electrons. The molecule has 0 aliphatic heterocycles. The summed E-state index contributed by atoms with van der Waals surface area (Å²) >= 11 is 0.